The van der Waals surface area contributed by atoms with E-state index in [1.807, 2.05) is 13.0 Å². The van der Waals surface area contributed by atoms with Crippen molar-refractivity contribution in [2.45, 2.75) is 118 Å². The smallest absolute Gasteiger partial charge is 0.308 e. The number of nitrogens with zero attached hydrogens (tertiary/aromatic N) is 1. The summed E-state index contributed by atoms with van der Waals surface area (Å²) in [5, 5.41) is -0.172. The van der Waals surface area contributed by atoms with Crippen LogP contribution in [0, 0.1) is 34.5 Å². The van der Waals surface area contributed by atoms with Gasteiger partial charge < -0.3 is 14.4 Å². The Morgan fingerprint density at radius 2 is 1.55 bits per heavy atom. The quantitative estimate of drug-likeness (QED) is 0.185. The maximum Gasteiger partial charge on any atom is 0.308 e. The molecule has 242 valence electrons. The van der Waals surface area contributed by atoms with E-state index in [9.17, 15) is 14.4 Å². The molecule has 7 atom stereocenters. The summed E-state index contributed by atoms with van der Waals surface area (Å²) >= 11 is 1.33. The number of allylic oxidation sites excluding steroid dienone is 1. The SMILES string of the molecule is CC(=O)Oc1cc2c(c(C)c1OC(C)=O)C(SC(C)=O)C=C1[C@@]2(C)CC[C@@]2(C)[C@@H]3C[C@](C)(CN(C)C)CC[C@]3(C)CC[C@]12C. The van der Waals surface area contributed by atoms with Gasteiger partial charge in [0.25, 0.3) is 0 Å². The maximum atomic E-state index is 12.7. The predicted octanol–water partition coefficient (Wildman–Crippen LogP) is 8.34. The molecule has 0 radical (unpaired) electrons. The molecule has 6 nitrogen and oxygen atoms in total. The molecule has 0 N–H and O–H groups in total. The largest absolute Gasteiger partial charge is 0.423 e. The van der Waals surface area contributed by atoms with Crippen LogP contribution in [0.3, 0.4) is 0 Å². The predicted molar refractivity (Wildman–Crippen MR) is 177 cm³/mol. The minimum atomic E-state index is -0.476. The molecule has 5 rings (SSSR count). The van der Waals surface area contributed by atoms with E-state index in [1.165, 1.54) is 56.9 Å². The van der Waals surface area contributed by atoms with Crippen LogP contribution in [0.2, 0.25) is 0 Å². The second-order valence-electron chi connectivity index (χ2n) is 16.1. The molecule has 7 heteroatoms. The van der Waals surface area contributed by atoms with Crippen LogP contribution in [-0.4, -0.2) is 42.6 Å². The van der Waals surface area contributed by atoms with E-state index in [2.05, 4.69) is 59.7 Å². The number of hydrogen-bond acceptors (Lipinski definition) is 7. The second kappa shape index (κ2) is 11.0. The van der Waals surface area contributed by atoms with Crippen molar-refractivity contribution < 1.29 is 23.9 Å². The Bertz CT molecular complexity index is 1430. The lowest BCUT2D eigenvalue weighted by molar-refractivity contribution is -0.160. The number of esters is 2. The fourth-order valence-corrected chi connectivity index (χ4v) is 11.4. The van der Waals surface area contributed by atoms with Gasteiger partial charge in [0.1, 0.15) is 0 Å². The van der Waals surface area contributed by atoms with Gasteiger partial charge in [-0.2, -0.15) is 0 Å². The summed E-state index contributed by atoms with van der Waals surface area (Å²) in [7, 11) is 4.40. The Morgan fingerprint density at radius 1 is 0.909 bits per heavy atom. The van der Waals surface area contributed by atoms with E-state index in [1.54, 1.807) is 6.92 Å². The standard InChI is InChI=1S/C37H53NO5S/c1-22-31-26(18-27(42-23(2)39)32(22)43-24(3)40)35(7)15-17-37(9)30-20-33(5,21-38(10)11)12-13-34(30,6)14-16-36(37,8)29(35)19-28(31)44-25(4)41/h18-19,28,30H,12-17,20-21H2,1-11H3/t28?,30-,33-,34-,35+,36-,37+/m1/s1. The van der Waals surface area contributed by atoms with Crippen molar-refractivity contribution in [3.63, 3.8) is 0 Å². The van der Waals surface area contributed by atoms with E-state index in [0.29, 0.717) is 16.7 Å². The molecule has 0 heterocycles. The van der Waals surface area contributed by atoms with E-state index in [4.69, 9.17) is 9.47 Å². The van der Waals surface area contributed by atoms with Gasteiger partial charge >= 0.3 is 11.9 Å². The van der Waals surface area contributed by atoms with Crippen LogP contribution in [0.5, 0.6) is 11.5 Å². The lowest BCUT2D eigenvalue weighted by Crippen LogP contribution is -2.62. The zero-order valence-electron chi connectivity index (χ0n) is 28.9. The third-order valence-electron chi connectivity index (χ3n) is 12.6. The second-order valence-corrected chi connectivity index (χ2v) is 17.4. The third-order valence-corrected chi connectivity index (χ3v) is 13.6. The van der Waals surface area contributed by atoms with Crippen LogP contribution in [-0.2, 0) is 19.8 Å². The van der Waals surface area contributed by atoms with E-state index in [0.717, 1.165) is 42.5 Å². The summed E-state index contributed by atoms with van der Waals surface area (Å²) in [4.78, 5) is 39.5. The lowest BCUT2D eigenvalue weighted by atomic mass is 9.34. The highest BCUT2D eigenvalue weighted by Crippen LogP contribution is 2.75. The van der Waals surface area contributed by atoms with Gasteiger partial charge in [-0.1, -0.05) is 58.0 Å². The molecular formula is C37H53NO5S. The first-order valence-electron chi connectivity index (χ1n) is 16.4. The molecular weight excluding hydrogens is 570 g/mol. The van der Waals surface area contributed by atoms with Gasteiger partial charge in [0.15, 0.2) is 16.6 Å². The van der Waals surface area contributed by atoms with Gasteiger partial charge in [0.2, 0.25) is 0 Å². The highest BCUT2D eigenvalue weighted by atomic mass is 32.2. The van der Waals surface area contributed by atoms with Gasteiger partial charge in [0.05, 0.1) is 5.25 Å². The number of rotatable bonds is 5. The molecule has 44 heavy (non-hydrogen) atoms. The molecule has 1 aromatic carbocycles. The molecule has 0 aliphatic heterocycles. The van der Waals surface area contributed by atoms with Gasteiger partial charge in [-0.3, -0.25) is 14.4 Å². The number of thioether (sulfide) groups is 1. The van der Waals surface area contributed by atoms with Crippen molar-refractivity contribution in [1.82, 2.24) is 4.90 Å². The number of hydrogen-bond donors (Lipinski definition) is 0. The summed E-state index contributed by atoms with van der Waals surface area (Å²) in [6, 6.07) is 1.94. The molecule has 0 aromatic heterocycles. The Balaban J connectivity index is 1.70. The molecule has 0 saturated heterocycles. The Morgan fingerprint density at radius 3 is 2.14 bits per heavy atom. The molecule has 4 aliphatic carbocycles. The summed E-state index contributed by atoms with van der Waals surface area (Å²) in [6.07, 6.45) is 10.6. The molecule has 1 aromatic rings. The van der Waals surface area contributed by atoms with Crippen molar-refractivity contribution in [3.8, 4) is 11.5 Å². The Hall–Kier alpha value is -2.12. The number of carbonyl (C=O) groups excluding carboxylic acids is 3. The number of fused-ring (bicyclic) bond motifs is 7. The van der Waals surface area contributed by atoms with Crippen LogP contribution in [0.25, 0.3) is 0 Å². The molecule has 0 spiro atoms. The van der Waals surface area contributed by atoms with Crippen molar-refractivity contribution >= 4 is 28.8 Å². The van der Waals surface area contributed by atoms with E-state index in [-0.39, 0.29) is 38.1 Å². The summed E-state index contributed by atoms with van der Waals surface area (Å²) in [5.41, 5.74) is 4.65. The molecule has 3 fully saturated rings. The highest BCUT2D eigenvalue weighted by Gasteiger charge is 2.66. The summed E-state index contributed by atoms with van der Waals surface area (Å²) < 4.78 is 11.4. The van der Waals surface area contributed by atoms with E-state index >= 15 is 0 Å². The van der Waals surface area contributed by atoms with Crippen molar-refractivity contribution in [1.29, 1.82) is 0 Å². The van der Waals surface area contributed by atoms with Crippen LogP contribution in [0.15, 0.2) is 17.7 Å². The minimum Gasteiger partial charge on any atom is -0.423 e. The normalized spacial score (nSPS) is 37.6. The number of benzene rings is 1. The van der Waals surface area contributed by atoms with Crippen LogP contribution >= 0.6 is 11.8 Å². The van der Waals surface area contributed by atoms with Crippen LogP contribution < -0.4 is 9.47 Å². The number of ether oxygens (including phenoxy) is 2. The van der Waals surface area contributed by atoms with Gasteiger partial charge in [0, 0.05) is 38.3 Å². The van der Waals surface area contributed by atoms with Gasteiger partial charge in [-0.15, -0.1) is 0 Å². The fraction of sp³-hybridized carbons (Fsp3) is 0.703. The van der Waals surface area contributed by atoms with Crippen molar-refractivity contribution in [2.24, 2.45) is 27.6 Å². The Labute approximate surface area is 269 Å². The van der Waals surface area contributed by atoms with Crippen molar-refractivity contribution in [3.05, 3.63) is 34.4 Å². The molecule has 0 bridgehead atoms. The maximum absolute atomic E-state index is 12.7. The molecule has 3 saturated carbocycles. The average Bonchev–Trinajstić information content (AvgIpc) is 2.89. The average molecular weight is 624 g/mol. The topological polar surface area (TPSA) is 72.9 Å². The third kappa shape index (κ3) is 5.18. The summed E-state index contributed by atoms with van der Waals surface area (Å²) in [5.74, 6) is 0.207. The Kier molecular flexibility index (Phi) is 8.31. The van der Waals surface area contributed by atoms with Gasteiger partial charge in [-0.25, -0.2) is 0 Å². The first kappa shape index (κ1) is 33.2. The van der Waals surface area contributed by atoms with Gasteiger partial charge in [-0.05, 0) is 111 Å². The van der Waals surface area contributed by atoms with Crippen LogP contribution in [0.4, 0.5) is 0 Å². The zero-order chi connectivity index (χ0) is 32.6. The first-order chi connectivity index (χ1) is 20.3. The summed E-state index contributed by atoms with van der Waals surface area (Å²) in [6.45, 7) is 19.9. The fourth-order valence-electron chi connectivity index (χ4n) is 10.4. The monoisotopic (exact) mass is 623 g/mol. The lowest BCUT2D eigenvalue weighted by Gasteiger charge is -2.70. The minimum absolute atomic E-state index is 0.0468. The molecule has 1 unspecified atom stereocenters. The van der Waals surface area contributed by atoms with Crippen molar-refractivity contribution in [2.75, 3.05) is 20.6 Å². The van der Waals surface area contributed by atoms with Crippen LogP contribution in [0.1, 0.15) is 122 Å². The van der Waals surface area contributed by atoms with E-state index < -0.39 is 11.9 Å². The highest BCUT2D eigenvalue weighted by molar-refractivity contribution is 8.13. The molecule has 0 amide bonds. The molecule has 4 aliphatic rings. The number of carbonyl (C=O) groups is 3. The zero-order valence-corrected chi connectivity index (χ0v) is 29.7. The first-order valence-corrected chi connectivity index (χ1v) is 17.3.